The molecule has 20 aromatic carbocycles. The van der Waals surface area contributed by atoms with Crippen molar-refractivity contribution in [2.24, 2.45) is 0 Å². The molecule has 2 aliphatic carbocycles. The van der Waals surface area contributed by atoms with Crippen molar-refractivity contribution < 1.29 is 0 Å². The van der Waals surface area contributed by atoms with Gasteiger partial charge >= 0.3 is 0 Å². The van der Waals surface area contributed by atoms with Crippen LogP contribution >= 0.6 is 0 Å². The molecule has 2 saturated carbocycles. The van der Waals surface area contributed by atoms with Crippen molar-refractivity contribution >= 4 is 133 Å². The molecule has 2 fully saturated rings. The monoisotopic (exact) mass is 1880 g/mol. The Morgan fingerprint density at radius 1 is 0.215 bits per heavy atom. The van der Waals surface area contributed by atoms with Gasteiger partial charge in [-0.25, -0.2) is 0 Å². The average molecular weight is 1880 g/mol. The third kappa shape index (κ3) is 17.8. The number of anilines is 12. The highest BCUT2D eigenvalue weighted by molar-refractivity contribution is 6.31. The molecule has 0 spiro atoms. The molecule has 0 unspecified atom stereocenters. The van der Waals surface area contributed by atoms with Gasteiger partial charge in [-0.2, -0.15) is 0 Å². The quantitative estimate of drug-likeness (QED) is 0.0705. The summed E-state index contributed by atoms with van der Waals surface area (Å²) in [6.07, 6.45) is 10.2. The van der Waals surface area contributed by atoms with E-state index >= 15 is 0 Å². The van der Waals surface area contributed by atoms with Gasteiger partial charge in [0.1, 0.15) is 0 Å². The zero-order valence-corrected chi connectivity index (χ0v) is 88.9. The van der Waals surface area contributed by atoms with E-state index in [1.165, 1.54) is 306 Å². The molecule has 20 aromatic rings. The van der Waals surface area contributed by atoms with Gasteiger partial charge in [-0.05, 0) is 405 Å². The number of hydrogen-bond donors (Lipinski definition) is 0. The van der Waals surface area contributed by atoms with Crippen molar-refractivity contribution in [3.8, 4) is 44.5 Å². The maximum absolute atomic E-state index is 2.65. The van der Waals surface area contributed by atoms with Crippen LogP contribution in [-0.2, 0) is 10.8 Å². The summed E-state index contributed by atoms with van der Waals surface area (Å²) in [6, 6.07) is 127. The van der Waals surface area contributed by atoms with Gasteiger partial charge in [0, 0.05) is 77.8 Å². The molecule has 4 heteroatoms. The number of nitrogens with zero attached hydrogens (tertiary/aromatic N) is 4. The molecular formula is C140H140N4. The fourth-order valence-corrected chi connectivity index (χ4v) is 24.5. The van der Waals surface area contributed by atoms with E-state index in [1.807, 2.05) is 0 Å². The molecule has 4 nitrogen and oxygen atoms in total. The Hall–Kier alpha value is -14.3. The Bertz CT molecular complexity index is 7810. The molecule has 0 radical (unpaired) electrons. The van der Waals surface area contributed by atoms with Gasteiger partial charge in [-0.3, -0.25) is 0 Å². The maximum atomic E-state index is 2.65. The predicted molar refractivity (Wildman–Crippen MR) is 626 cm³/mol. The smallest absolute Gasteiger partial charge is 0.0561 e. The van der Waals surface area contributed by atoms with E-state index in [9.17, 15) is 0 Å². The van der Waals surface area contributed by atoms with E-state index in [1.54, 1.807) is 0 Å². The highest BCUT2D eigenvalue weighted by atomic mass is 15.2. The van der Waals surface area contributed by atoms with Gasteiger partial charge in [0.25, 0.3) is 0 Å². The van der Waals surface area contributed by atoms with Crippen LogP contribution in [0.15, 0.2) is 328 Å². The van der Waals surface area contributed by atoms with Crippen molar-refractivity contribution in [2.75, 3.05) is 19.6 Å². The van der Waals surface area contributed by atoms with Crippen LogP contribution in [0.2, 0.25) is 0 Å². The first-order valence-corrected chi connectivity index (χ1v) is 53.1. The average Bonchev–Trinajstić information content (AvgIpc) is 0.876. The fourth-order valence-electron chi connectivity index (χ4n) is 24.5. The molecule has 0 amide bonds. The van der Waals surface area contributed by atoms with Crippen molar-refractivity contribution in [1.82, 2.24) is 0 Å². The fraction of sp³-hybridized carbons (Fsp3) is 0.257. The van der Waals surface area contributed by atoms with Crippen LogP contribution in [0.3, 0.4) is 0 Å². The van der Waals surface area contributed by atoms with Crippen molar-refractivity contribution in [1.29, 1.82) is 0 Å². The van der Waals surface area contributed by atoms with Crippen LogP contribution in [0, 0.1) is 83.1 Å². The molecule has 144 heavy (non-hydrogen) atoms. The summed E-state index contributed by atoms with van der Waals surface area (Å²) in [5.41, 5.74) is 47.7. The molecule has 0 N–H and O–H groups in total. The zero-order chi connectivity index (χ0) is 100. The first kappa shape index (κ1) is 95.8. The molecular weight excluding hydrogens is 1740 g/mol. The third-order valence-corrected chi connectivity index (χ3v) is 32.4. The Morgan fingerprint density at radius 3 is 0.694 bits per heavy atom. The summed E-state index contributed by atoms with van der Waals surface area (Å²) in [6.45, 7) is 50.4. The first-order valence-electron chi connectivity index (χ1n) is 53.1. The van der Waals surface area contributed by atoms with E-state index in [0.717, 1.165) is 22.7 Å². The maximum Gasteiger partial charge on any atom is 0.0561 e. The molecule has 0 heterocycles. The largest absolute Gasteiger partial charge is 0.309 e. The lowest BCUT2D eigenvalue weighted by Crippen LogP contribution is -2.16. The first-order chi connectivity index (χ1) is 69.3. The second kappa shape index (κ2) is 38.4. The zero-order valence-electron chi connectivity index (χ0n) is 88.9. The number of aryl methyl sites for hydroxylation is 12. The van der Waals surface area contributed by atoms with Crippen molar-refractivity contribution in [3.05, 3.63) is 428 Å². The van der Waals surface area contributed by atoms with Gasteiger partial charge in [-0.1, -0.05) is 338 Å². The topological polar surface area (TPSA) is 13.0 Å². The van der Waals surface area contributed by atoms with Gasteiger partial charge in [0.15, 0.2) is 0 Å². The molecule has 0 atom stereocenters. The minimum absolute atomic E-state index is 0.000942. The number of rotatable bonds is 20. The highest BCUT2D eigenvalue weighted by Gasteiger charge is 2.34. The van der Waals surface area contributed by atoms with E-state index in [2.05, 4.69) is 500 Å². The van der Waals surface area contributed by atoms with Crippen LogP contribution in [0.1, 0.15) is 244 Å². The standard InChI is InChI=1S/C72H72N2.C68H68N2/c1-45-30-32-57(68-47(3)18-14-19-48(68)4)42-64(45)73(60-28-16-26-53(40-60)51-22-10-11-23-51)66-44-67(63-37-35-56-39-59(72(7,8)9)38-55-34-36-62(66)71(63)70(55)56)74(61-29-17-27-54(41-61)52-24-12-13-25-52)65-43-58(33-31-46(65)2)69-49(5)20-15-21-50(69)6;1-41(2)49-22-16-24-56(36-49)69(60-38-53(28-26-43(60)5)64-45(7)18-14-19-46(64)8)62-40-63(59-33-31-52-35-55(68(11,12)13)34-51-30-32-58(62)67(59)66(51)52)70(57-25-17-23-50(37-57)42(3)4)61-39-54(29-27-44(61)6)65-47(9)20-15-21-48(65)10/h14-21,26-44,51-52H,10-13,22-25H2,1-9H3;14-42H,1-13H3. The van der Waals surface area contributed by atoms with Gasteiger partial charge < -0.3 is 19.6 Å². The van der Waals surface area contributed by atoms with Gasteiger partial charge in [-0.15, -0.1) is 0 Å². The van der Waals surface area contributed by atoms with E-state index < -0.39 is 0 Å². The summed E-state index contributed by atoms with van der Waals surface area (Å²) in [4.78, 5) is 10.5. The second-order valence-corrected chi connectivity index (χ2v) is 45.2. The lowest BCUT2D eigenvalue weighted by molar-refractivity contribution is 0.591. The minimum atomic E-state index is -0.00670. The molecule has 0 aromatic heterocycles. The van der Waals surface area contributed by atoms with Gasteiger partial charge in [0.2, 0.25) is 0 Å². The molecule has 720 valence electrons. The van der Waals surface area contributed by atoms with Crippen LogP contribution in [0.5, 0.6) is 0 Å². The second-order valence-electron chi connectivity index (χ2n) is 45.2. The molecule has 2 aliphatic rings. The summed E-state index contributed by atoms with van der Waals surface area (Å²) in [7, 11) is 0. The minimum Gasteiger partial charge on any atom is -0.309 e. The molecule has 0 aliphatic heterocycles. The van der Waals surface area contributed by atoms with Crippen molar-refractivity contribution in [3.63, 3.8) is 0 Å². The van der Waals surface area contributed by atoms with E-state index in [-0.39, 0.29) is 10.8 Å². The Morgan fingerprint density at radius 2 is 0.451 bits per heavy atom. The van der Waals surface area contributed by atoms with Crippen molar-refractivity contribution in [2.45, 2.75) is 238 Å². The summed E-state index contributed by atoms with van der Waals surface area (Å²) >= 11 is 0. The van der Waals surface area contributed by atoms with Crippen LogP contribution in [0.4, 0.5) is 68.2 Å². The van der Waals surface area contributed by atoms with E-state index in [4.69, 9.17) is 0 Å². The lowest BCUT2D eigenvalue weighted by atomic mass is 9.83. The molecule has 0 saturated heterocycles. The predicted octanol–water partition coefficient (Wildman–Crippen LogP) is 41.6. The lowest BCUT2D eigenvalue weighted by Gasteiger charge is -2.34. The van der Waals surface area contributed by atoms with Gasteiger partial charge in [0.05, 0.1) is 22.7 Å². The Kier molecular flexibility index (Phi) is 25.6. The number of benzene rings is 20. The summed E-state index contributed by atoms with van der Waals surface area (Å²) in [5.74, 6) is 1.85. The number of hydrogen-bond acceptors (Lipinski definition) is 4. The molecule has 0 bridgehead atoms. The molecule has 22 rings (SSSR count). The van der Waals surface area contributed by atoms with Crippen LogP contribution < -0.4 is 19.6 Å². The van der Waals surface area contributed by atoms with Crippen LogP contribution in [-0.4, -0.2) is 0 Å². The SMILES string of the molecule is Cc1ccc(-c2c(C)cccc2C)cc1N(c1cccc(C(C)C)c1)c1cc(N(c2cccc(C(C)C)c2)c2cc(-c3c(C)cccc3C)ccc2C)c2ccc3cc(C(C)(C)C)cc4ccc1c2c43.Cc1ccc(-c2c(C)cccc2C)cc1N(c1cccc(C2CCCC2)c1)c1cc(N(c2cccc(C3CCCC3)c2)c2cc(-c3c(C)cccc3C)ccc2C)c2ccc3cc(C(C)(C)C)cc4ccc1c2c43. The Balaban J connectivity index is 0.000000170. The Labute approximate surface area is 856 Å². The summed E-state index contributed by atoms with van der Waals surface area (Å²) < 4.78 is 0. The third-order valence-electron chi connectivity index (χ3n) is 32.4. The highest BCUT2D eigenvalue weighted by Crippen LogP contribution is 2.58. The normalized spacial score (nSPS) is 13.3. The summed E-state index contributed by atoms with van der Waals surface area (Å²) in [5, 5.41) is 15.3. The van der Waals surface area contributed by atoms with E-state index in [0.29, 0.717) is 23.7 Å². The van der Waals surface area contributed by atoms with Crippen LogP contribution in [0.25, 0.3) is 109 Å².